The molecule has 0 unspecified atom stereocenters. The summed E-state index contributed by atoms with van der Waals surface area (Å²) in [5, 5.41) is 5.48. The number of hydrogen-bond donors (Lipinski definition) is 0. The minimum Gasteiger partial charge on any atom is -0.487 e. The number of halogens is 2. The van der Waals surface area contributed by atoms with Crippen LogP contribution in [0.2, 0.25) is 5.02 Å². The van der Waals surface area contributed by atoms with Gasteiger partial charge in [-0.1, -0.05) is 63.9 Å². The fourth-order valence-corrected chi connectivity index (χ4v) is 3.67. The van der Waals surface area contributed by atoms with E-state index in [1.165, 1.54) is 0 Å². The molecular formula is C25H18BrClN2O3. The summed E-state index contributed by atoms with van der Waals surface area (Å²) in [6.07, 6.45) is 1.67. The quantitative estimate of drug-likeness (QED) is 0.307. The number of amides is 2. The van der Waals surface area contributed by atoms with Gasteiger partial charge < -0.3 is 4.74 Å². The van der Waals surface area contributed by atoms with Crippen LogP contribution in [0.4, 0.5) is 0 Å². The third kappa shape index (κ3) is 4.82. The highest BCUT2D eigenvalue weighted by Crippen LogP contribution is 2.28. The van der Waals surface area contributed by atoms with Gasteiger partial charge in [0.2, 0.25) is 0 Å². The number of hydrogen-bond acceptors (Lipinski definition) is 4. The third-order valence-electron chi connectivity index (χ3n) is 4.85. The molecule has 3 aromatic rings. The molecular weight excluding hydrogens is 492 g/mol. The highest BCUT2D eigenvalue weighted by Gasteiger charge is 2.32. The van der Waals surface area contributed by atoms with Gasteiger partial charge in [0, 0.05) is 10.0 Å². The molecule has 4 rings (SSSR count). The van der Waals surface area contributed by atoms with Crippen molar-refractivity contribution in [2.75, 3.05) is 0 Å². The molecule has 1 aliphatic rings. The molecule has 1 heterocycles. The van der Waals surface area contributed by atoms with Crippen LogP contribution in [0, 0.1) is 0 Å². The summed E-state index contributed by atoms with van der Waals surface area (Å²) in [5.41, 5.74) is 2.92. The zero-order valence-corrected chi connectivity index (χ0v) is 19.4. The van der Waals surface area contributed by atoms with Crippen LogP contribution in [-0.2, 0) is 11.4 Å². The number of rotatable bonds is 5. The minimum absolute atomic E-state index is 0.342. The molecule has 0 saturated heterocycles. The molecule has 160 valence electrons. The predicted octanol–water partition coefficient (Wildman–Crippen LogP) is 6.12. The Kier molecular flexibility index (Phi) is 6.53. The van der Waals surface area contributed by atoms with Gasteiger partial charge in [0.25, 0.3) is 11.8 Å². The molecule has 0 saturated carbocycles. The Morgan fingerprint density at radius 2 is 1.81 bits per heavy atom. The minimum atomic E-state index is -0.469. The maximum Gasteiger partial charge on any atom is 0.283 e. The Balaban J connectivity index is 1.49. The van der Waals surface area contributed by atoms with Crippen LogP contribution in [0.5, 0.6) is 5.75 Å². The highest BCUT2D eigenvalue weighted by atomic mass is 79.9. The lowest BCUT2D eigenvalue weighted by Gasteiger charge is -2.10. The Morgan fingerprint density at radius 3 is 2.50 bits per heavy atom. The van der Waals surface area contributed by atoms with Gasteiger partial charge >= 0.3 is 0 Å². The second-order valence-electron chi connectivity index (χ2n) is 7.14. The van der Waals surface area contributed by atoms with Crippen LogP contribution >= 0.6 is 27.5 Å². The van der Waals surface area contributed by atoms with Gasteiger partial charge in [0.05, 0.1) is 16.3 Å². The average molecular weight is 510 g/mol. The lowest BCUT2D eigenvalue weighted by Crippen LogP contribution is -2.29. The first kappa shape index (κ1) is 22.0. The van der Waals surface area contributed by atoms with E-state index in [0.717, 1.165) is 15.0 Å². The van der Waals surface area contributed by atoms with Crippen LogP contribution in [0.15, 0.2) is 87.9 Å². The van der Waals surface area contributed by atoms with Crippen molar-refractivity contribution in [3.63, 3.8) is 0 Å². The first-order chi connectivity index (χ1) is 15.4. The Labute approximate surface area is 199 Å². The monoisotopic (exact) mass is 508 g/mol. The maximum absolute atomic E-state index is 12.8. The molecule has 0 fully saturated rings. The van der Waals surface area contributed by atoms with Crippen molar-refractivity contribution in [1.29, 1.82) is 0 Å². The number of benzene rings is 3. The molecule has 5 nitrogen and oxygen atoms in total. The van der Waals surface area contributed by atoms with Gasteiger partial charge in [-0.05, 0) is 60.5 Å². The summed E-state index contributed by atoms with van der Waals surface area (Å²) in [7, 11) is 0. The van der Waals surface area contributed by atoms with E-state index in [1.807, 2.05) is 24.3 Å². The van der Waals surface area contributed by atoms with Crippen LogP contribution in [0.3, 0.4) is 0 Å². The Bertz CT molecular complexity index is 1240. The van der Waals surface area contributed by atoms with E-state index in [0.29, 0.717) is 39.8 Å². The van der Waals surface area contributed by atoms with Gasteiger partial charge in [-0.15, -0.1) is 0 Å². The van der Waals surface area contributed by atoms with Gasteiger partial charge in [0.1, 0.15) is 12.4 Å². The zero-order valence-electron chi connectivity index (χ0n) is 17.1. The number of hydrazone groups is 1. The van der Waals surface area contributed by atoms with Crippen LogP contribution in [0.1, 0.15) is 28.4 Å². The van der Waals surface area contributed by atoms with E-state index in [-0.39, 0.29) is 0 Å². The van der Waals surface area contributed by atoms with Crippen LogP contribution in [0.25, 0.3) is 6.08 Å². The molecule has 0 bridgehead atoms. The molecule has 1 aliphatic heterocycles. The third-order valence-corrected chi connectivity index (χ3v) is 5.67. The molecule has 32 heavy (non-hydrogen) atoms. The summed E-state index contributed by atoms with van der Waals surface area (Å²) >= 11 is 9.80. The van der Waals surface area contributed by atoms with Gasteiger partial charge in [-0.3, -0.25) is 9.59 Å². The first-order valence-corrected chi connectivity index (χ1v) is 11.0. The fraction of sp³-hybridized carbons (Fsp3) is 0.0800. The summed E-state index contributed by atoms with van der Waals surface area (Å²) in [4.78, 5) is 25.5. The molecule has 7 heteroatoms. The summed E-state index contributed by atoms with van der Waals surface area (Å²) in [6, 6.07) is 21.7. The zero-order chi connectivity index (χ0) is 22.7. The van der Waals surface area contributed by atoms with Crippen molar-refractivity contribution >= 4 is 51.1 Å². The molecule has 2 amide bonds. The van der Waals surface area contributed by atoms with Crippen molar-refractivity contribution in [3.05, 3.63) is 105 Å². The average Bonchev–Trinajstić information content (AvgIpc) is 3.08. The van der Waals surface area contributed by atoms with E-state index in [4.69, 9.17) is 16.3 Å². The molecule has 0 radical (unpaired) electrons. The first-order valence-electron chi connectivity index (χ1n) is 9.80. The van der Waals surface area contributed by atoms with Crippen LogP contribution < -0.4 is 4.74 Å². The van der Waals surface area contributed by atoms with Crippen molar-refractivity contribution in [1.82, 2.24) is 5.01 Å². The smallest absolute Gasteiger partial charge is 0.283 e. The summed E-state index contributed by atoms with van der Waals surface area (Å²) < 4.78 is 6.82. The maximum atomic E-state index is 12.8. The lowest BCUT2D eigenvalue weighted by atomic mass is 10.1. The van der Waals surface area contributed by atoms with E-state index in [1.54, 1.807) is 61.5 Å². The van der Waals surface area contributed by atoms with Crippen molar-refractivity contribution in [3.8, 4) is 5.75 Å². The van der Waals surface area contributed by atoms with E-state index < -0.39 is 11.8 Å². The fourth-order valence-electron chi connectivity index (χ4n) is 3.16. The summed E-state index contributed by atoms with van der Waals surface area (Å²) in [6.45, 7) is 2.08. The second kappa shape index (κ2) is 9.51. The molecule has 0 aromatic heterocycles. The summed E-state index contributed by atoms with van der Waals surface area (Å²) in [5.74, 6) is -0.392. The van der Waals surface area contributed by atoms with Crippen molar-refractivity contribution < 1.29 is 14.3 Å². The van der Waals surface area contributed by atoms with E-state index in [2.05, 4.69) is 21.0 Å². The molecule has 3 aromatic carbocycles. The normalized spacial score (nSPS) is 14.6. The Hall–Kier alpha value is -3.22. The lowest BCUT2D eigenvalue weighted by molar-refractivity contribution is -0.123. The standard InChI is InChI=1S/C25H18BrClN2O3/c1-16-21(25(31)29(28-16)24(30)19-5-3-2-4-6-19)13-18-9-12-23(22(27)14-18)32-15-17-7-10-20(26)11-8-17/h2-14H,15H2,1H3/b21-13+. The molecule has 0 aliphatic carbocycles. The van der Waals surface area contributed by atoms with Gasteiger partial charge in [0.15, 0.2) is 0 Å². The highest BCUT2D eigenvalue weighted by molar-refractivity contribution is 9.10. The van der Waals surface area contributed by atoms with Gasteiger partial charge in [-0.2, -0.15) is 10.1 Å². The molecule has 0 spiro atoms. The number of ether oxygens (including phenoxy) is 1. The van der Waals surface area contributed by atoms with E-state index >= 15 is 0 Å². The topological polar surface area (TPSA) is 59.0 Å². The largest absolute Gasteiger partial charge is 0.487 e. The molecule has 0 N–H and O–H groups in total. The van der Waals surface area contributed by atoms with Crippen LogP contribution in [-0.4, -0.2) is 22.5 Å². The number of nitrogens with zero attached hydrogens (tertiary/aromatic N) is 2. The molecule has 0 atom stereocenters. The number of carbonyl (C=O) groups is 2. The Morgan fingerprint density at radius 1 is 1.09 bits per heavy atom. The second-order valence-corrected chi connectivity index (χ2v) is 8.46. The number of imide groups is 1. The van der Waals surface area contributed by atoms with Crippen molar-refractivity contribution in [2.45, 2.75) is 13.5 Å². The van der Waals surface area contributed by atoms with Gasteiger partial charge in [-0.25, -0.2) is 0 Å². The number of carbonyl (C=O) groups excluding carboxylic acids is 2. The predicted molar refractivity (Wildman–Crippen MR) is 129 cm³/mol. The SMILES string of the molecule is CC1=NN(C(=O)c2ccccc2)C(=O)/C1=C/c1ccc(OCc2ccc(Br)cc2)c(Cl)c1. The van der Waals surface area contributed by atoms with E-state index in [9.17, 15) is 9.59 Å². The van der Waals surface area contributed by atoms with Crippen molar-refractivity contribution in [2.24, 2.45) is 5.10 Å².